The molecule has 0 aliphatic rings. The molecule has 1 aromatic heterocycles. The Morgan fingerprint density at radius 2 is 1.93 bits per heavy atom. The van der Waals surface area contributed by atoms with Crippen LogP contribution in [0, 0.1) is 18.3 Å². The van der Waals surface area contributed by atoms with Crippen molar-refractivity contribution in [3.8, 4) is 11.8 Å². The highest BCUT2D eigenvalue weighted by molar-refractivity contribution is 7.95. The van der Waals surface area contributed by atoms with Gasteiger partial charge < -0.3 is 9.15 Å². The van der Waals surface area contributed by atoms with Crippen LogP contribution in [0.25, 0.3) is 6.08 Å². The van der Waals surface area contributed by atoms with Crippen LogP contribution in [-0.4, -0.2) is 8.42 Å². The molecule has 142 valence electrons. The zero-order valence-electron chi connectivity index (χ0n) is 14.9. The van der Waals surface area contributed by atoms with Crippen LogP contribution in [-0.2, 0) is 16.4 Å². The van der Waals surface area contributed by atoms with Crippen molar-refractivity contribution in [2.24, 2.45) is 0 Å². The lowest BCUT2D eigenvalue weighted by Gasteiger charge is -2.06. The van der Waals surface area contributed by atoms with Crippen LogP contribution >= 0.6 is 11.6 Å². The predicted octanol–water partition coefficient (Wildman–Crippen LogP) is 5.16. The minimum absolute atomic E-state index is 0.0519. The molecule has 5 nitrogen and oxygen atoms in total. The highest BCUT2D eigenvalue weighted by Crippen LogP contribution is 2.24. The molecule has 0 amide bonds. The summed E-state index contributed by atoms with van der Waals surface area (Å²) in [6, 6.07) is 18.1. The second-order valence-corrected chi connectivity index (χ2v) is 8.27. The Labute approximate surface area is 168 Å². The maximum atomic E-state index is 12.6. The number of hydrogen-bond donors (Lipinski definition) is 0. The summed E-state index contributed by atoms with van der Waals surface area (Å²) in [5, 5.41) is 9.97. The number of hydrogen-bond acceptors (Lipinski definition) is 5. The summed E-state index contributed by atoms with van der Waals surface area (Å²) in [7, 11) is -3.91. The average Bonchev–Trinajstić information content (AvgIpc) is 3.15. The van der Waals surface area contributed by atoms with Crippen LogP contribution in [0.4, 0.5) is 0 Å². The largest absolute Gasteiger partial charge is 0.486 e. The highest BCUT2D eigenvalue weighted by atomic mass is 35.5. The second-order valence-electron chi connectivity index (χ2n) is 5.94. The second kappa shape index (κ2) is 8.34. The van der Waals surface area contributed by atoms with Crippen molar-refractivity contribution in [1.29, 1.82) is 5.26 Å². The lowest BCUT2D eigenvalue weighted by atomic mass is 10.2. The van der Waals surface area contributed by atoms with Gasteiger partial charge in [-0.15, -0.1) is 0 Å². The third kappa shape index (κ3) is 4.45. The van der Waals surface area contributed by atoms with Crippen molar-refractivity contribution in [3.63, 3.8) is 0 Å². The Kier molecular flexibility index (Phi) is 5.88. The number of ether oxygens (including phenoxy) is 1. The third-order valence-corrected chi connectivity index (χ3v) is 6.02. The third-order valence-electron chi connectivity index (χ3n) is 3.92. The van der Waals surface area contributed by atoms with Gasteiger partial charge in [0.2, 0.25) is 9.84 Å². The number of nitrogens with zero attached hydrogens (tertiary/aromatic N) is 1. The van der Waals surface area contributed by atoms with Crippen LogP contribution < -0.4 is 4.74 Å². The number of nitriles is 1. The molecule has 0 atom stereocenters. The summed E-state index contributed by atoms with van der Waals surface area (Å²) in [5.41, 5.74) is 0.895. The van der Waals surface area contributed by atoms with E-state index >= 15 is 0 Å². The molecule has 7 heteroatoms. The van der Waals surface area contributed by atoms with Crippen molar-refractivity contribution in [2.75, 3.05) is 0 Å². The molecule has 3 rings (SSSR count). The Bertz CT molecular complexity index is 1160. The van der Waals surface area contributed by atoms with Gasteiger partial charge in [-0.05, 0) is 55.0 Å². The first-order valence-corrected chi connectivity index (χ1v) is 10.2. The lowest BCUT2D eigenvalue weighted by molar-refractivity contribution is 0.269. The number of allylic oxidation sites excluding steroid dienone is 1. The Morgan fingerprint density at radius 3 is 2.61 bits per heavy atom. The zero-order valence-corrected chi connectivity index (χ0v) is 16.5. The summed E-state index contributed by atoms with van der Waals surface area (Å²) in [4.78, 5) is -0.343. The van der Waals surface area contributed by atoms with Crippen molar-refractivity contribution >= 4 is 27.5 Å². The van der Waals surface area contributed by atoms with Gasteiger partial charge in [0.1, 0.15) is 29.9 Å². The fraction of sp³-hybridized carbons (Fsp3) is 0.0952. The summed E-state index contributed by atoms with van der Waals surface area (Å²) in [6.45, 7) is 2.03. The van der Waals surface area contributed by atoms with Crippen molar-refractivity contribution in [3.05, 3.63) is 87.7 Å². The van der Waals surface area contributed by atoms with E-state index in [4.69, 9.17) is 20.8 Å². The van der Waals surface area contributed by atoms with Crippen LogP contribution in [0.5, 0.6) is 5.75 Å². The van der Waals surface area contributed by atoms with Gasteiger partial charge in [0, 0.05) is 11.1 Å². The van der Waals surface area contributed by atoms with Gasteiger partial charge in [0.05, 0.1) is 4.90 Å². The molecule has 0 radical (unpaired) electrons. The number of sulfone groups is 1. The van der Waals surface area contributed by atoms with Crippen LogP contribution in [0.2, 0.25) is 5.02 Å². The summed E-state index contributed by atoms with van der Waals surface area (Å²) in [5.74, 6) is 1.38. The minimum atomic E-state index is -3.91. The SMILES string of the molecule is Cc1cc(OCc2ccc(/C=C(/C#N)S(=O)(=O)c3ccccc3)o2)ccc1Cl. The summed E-state index contributed by atoms with van der Waals surface area (Å²) in [6.07, 6.45) is 1.21. The molecular formula is C21H16ClNO4S. The summed E-state index contributed by atoms with van der Waals surface area (Å²) < 4.78 is 36.4. The van der Waals surface area contributed by atoms with Crippen LogP contribution in [0.3, 0.4) is 0 Å². The molecule has 0 spiro atoms. The molecule has 28 heavy (non-hydrogen) atoms. The molecule has 0 fully saturated rings. The van der Waals surface area contributed by atoms with Crippen molar-refractivity contribution in [2.45, 2.75) is 18.4 Å². The topological polar surface area (TPSA) is 80.3 Å². The number of furan rings is 1. The average molecular weight is 414 g/mol. The Hall–Kier alpha value is -3.01. The van der Waals surface area contributed by atoms with Crippen LogP contribution in [0.15, 0.2) is 74.9 Å². The molecule has 0 saturated carbocycles. The normalized spacial score (nSPS) is 11.8. The van der Waals surface area contributed by atoms with E-state index in [1.165, 1.54) is 18.2 Å². The first kappa shape index (κ1) is 19.7. The van der Waals surface area contributed by atoms with E-state index in [-0.39, 0.29) is 17.3 Å². The van der Waals surface area contributed by atoms with Gasteiger partial charge in [-0.1, -0.05) is 29.8 Å². The molecule has 1 heterocycles. The zero-order chi connectivity index (χ0) is 20.1. The fourth-order valence-electron chi connectivity index (χ4n) is 2.44. The maximum absolute atomic E-state index is 12.6. The van der Waals surface area contributed by atoms with E-state index in [0.29, 0.717) is 16.5 Å². The lowest BCUT2D eigenvalue weighted by Crippen LogP contribution is -2.03. The van der Waals surface area contributed by atoms with E-state index in [9.17, 15) is 13.7 Å². The minimum Gasteiger partial charge on any atom is -0.486 e. The number of aryl methyl sites for hydroxylation is 1. The molecule has 0 bridgehead atoms. The van der Waals surface area contributed by atoms with Gasteiger partial charge in [0.25, 0.3) is 0 Å². The molecular weight excluding hydrogens is 398 g/mol. The molecule has 0 N–H and O–H groups in total. The molecule has 2 aromatic carbocycles. The molecule has 0 saturated heterocycles. The van der Waals surface area contributed by atoms with Gasteiger partial charge in [-0.2, -0.15) is 5.26 Å². The van der Waals surface area contributed by atoms with Gasteiger partial charge in [-0.25, -0.2) is 8.42 Å². The highest BCUT2D eigenvalue weighted by Gasteiger charge is 2.21. The number of halogens is 1. The molecule has 0 unspecified atom stereocenters. The van der Waals surface area contributed by atoms with E-state index in [1.54, 1.807) is 48.5 Å². The molecule has 3 aromatic rings. The Morgan fingerprint density at radius 1 is 1.18 bits per heavy atom. The van der Waals surface area contributed by atoms with Crippen molar-refractivity contribution < 1.29 is 17.6 Å². The van der Waals surface area contributed by atoms with E-state index in [1.807, 2.05) is 13.0 Å². The molecule has 0 aliphatic heterocycles. The smallest absolute Gasteiger partial charge is 0.216 e. The number of benzene rings is 2. The summed E-state index contributed by atoms with van der Waals surface area (Å²) >= 11 is 5.99. The quantitative estimate of drug-likeness (QED) is 0.521. The monoisotopic (exact) mass is 413 g/mol. The first-order chi connectivity index (χ1) is 13.4. The van der Waals surface area contributed by atoms with Crippen LogP contribution in [0.1, 0.15) is 17.1 Å². The first-order valence-electron chi connectivity index (χ1n) is 8.30. The van der Waals surface area contributed by atoms with E-state index < -0.39 is 14.7 Å². The van der Waals surface area contributed by atoms with Gasteiger partial charge >= 0.3 is 0 Å². The fourth-order valence-corrected chi connectivity index (χ4v) is 3.72. The Balaban J connectivity index is 1.77. The standard InChI is InChI=1S/C21H16ClNO4S/c1-15-11-16(9-10-21(15)22)26-14-18-8-7-17(27-18)12-20(13-23)28(24,25)19-5-3-2-4-6-19/h2-12H,14H2,1H3/b20-12-. The number of rotatable bonds is 6. The predicted molar refractivity (Wildman–Crippen MR) is 106 cm³/mol. The maximum Gasteiger partial charge on any atom is 0.216 e. The van der Waals surface area contributed by atoms with Crippen molar-refractivity contribution in [1.82, 2.24) is 0 Å². The van der Waals surface area contributed by atoms with E-state index in [2.05, 4.69) is 0 Å². The van der Waals surface area contributed by atoms with E-state index in [0.717, 1.165) is 5.56 Å². The van der Waals surface area contributed by atoms with Gasteiger partial charge in [-0.3, -0.25) is 0 Å². The van der Waals surface area contributed by atoms with Gasteiger partial charge in [0.15, 0.2) is 4.91 Å². The molecule has 0 aliphatic carbocycles.